The number of rotatable bonds is 6. The molecule has 0 aliphatic heterocycles. The Morgan fingerprint density at radius 3 is 2.55 bits per heavy atom. The van der Waals surface area contributed by atoms with E-state index in [2.05, 4.69) is 29.3 Å². The predicted octanol–water partition coefficient (Wildman–Crippen LogP) is 3.43. The van der Waals surface area contributed by atoms with Crippen LogP contribution in [0.2, 0.25) is 0 Å². The van der Waals surface area contributed by atoms with Gasteiger partial charge < -0.3 is 16.0 Å². The van der Waals surface area contributed by atoms with Gasteiger partial charge >= 0.3 is 0 Å². The van der Waals surface area contributed by atoms with Crippen molar-refractivity contribution in [2.75, 3.05) is 29.0 Å². The summed E-state index contributed by atoms with van der Waals surface area (Å²) in [4.78, 5) is 14.3. The quantitative estimate of drug-likeness (QED) is 0.803. The van der Waals surface area contributed by atoms with Crippen LogP contribution in [0.25, 0.3) is 0 Å². The number of nitrogen functional groups attached to an aromatic ring is 1. The number of nitrogens with zero attached hydrogens (tertiary/aromatic N) is 1. The van der Waals surface area contributed by atoms with E-state index in [4.69, 9.17) is 5.73 Å². The summed E-state index contributed by atoms with van der Waals surface area (Å²) < 4.78 is 0. The van der Waals surface area contributed by atoms with Gasteiger partial charge in [0.25, 0.3) is 0 Å². The van der Waals surface area contributed by atoms with Crippen molar-refractivity contribution in [2.24, 2.45) is 0 Å². The van der Waals surface area contributed by atoms with Gasteiger partial charge in [-0.3, -0.25) is 4.79 Å². The minimum Gasteiger partial charge on any atom is -0.399 e. The van der Waals surface area contributed by atoms with Crippen molar-refractivity contribution in [3.05, 3.63) is 54.1 Å². The molecule has 3 N–H and O–H groups in total. The standard InChI is InChI=1S/C18H23N3O/c1-3-21(16-7-5-4-6-8-16)12-11-18(22)20-17-10-9-15(19)13-14(17)2/h4-10,13H,3,11-12,19H2,1-2H3,(H,20,22). The molecule has 4 heteroatoms. The van der Waals surface area contributed by atoms with E-state index >= 15 is 0 Å². The molecular formula is C18H23N3O. The van der Waals surface area contributed by atoms with Crippen LogP contribution in [0, 0.1) is 6.92 Å². The normalized spacial score (nSPS) is 10.3. The fraction of sp³-hybridized carbons (Fsp3) is 0.278. The number of carbonyl (C=O) groups excluding carboxylic acids is 1. The molecule has 0 heterocycles. The molecule has 2 aromatic carbocycles. The summed E-state index contributed by atoms with van der Waals surface area (Å²) in [6.45, 7) is 5.60. The summed E-state index contributed by atoms with van der Waals surface area (Å²) in [7, 11) is 0. The molecule has 2 aromatic rings. The lowest BCUT2D eigenvalue weighted by Gasteiger charge is -2.22. The van der Waals surface area contributed by atoms with Gasteiger partial charge in [0, 0.05) is 36.6 Å². The second kappa shape index (κ2) is 7.50. The van der Waals surface area contributed by atoms with E-state index in [9.17, 15) is 4.79 Å². The summed E-state index contributed by atoms with van der Waals surface area (Å²) in [6, 6.07) is 15.6. The SMILES string of the molecule is CCN(CCC(=O)Nc1ccc(N)cc1C)c1ccccc1. The van der Waals surface area contributed by atoms with Crippen LogP contribution in [0.15, 0.2) is 48.5 Å². The number of benzene rings is 2. The second-order valence-electron chi connectivity index (χ2n) is 5.29. The van der Waals surface area contributed by atoms with E-state index in [0.29, 0.717) is 18.7 Å². The van der Waals surface area contributed by atoms with E-state index < -0.39 is 0 Å². The molecule has 1 amide bonds. The fourth-order valence-electron chi connectivity index (χ4n) is 2.38. The minimum atomic E-state index is 0.0160. The molecule has 0 bridgehead atoms. The van der Waals surface area contributed by atoms with Gasteiger partial charge in [0.2, 0.25) is 5.91 Å². The third kappa shape index (κ3) is 4.25. The molecule has 0 fully saturated rings. The maximum absolute atomic E-state index is 12.1. The molecule has 4 nitrogen and oxygen atoms in total. The Hall–Kier alpha value is -2.49. The zero-order valence-electron chi connectivity index (χ0n) is 13.2. The van der Waals surface area contributed by atoms with Crippen LogP contribution in [-0.4, -0.2) is 19.0 Å². The number of para-hydroxylation sites is 1. The van der Waals surface area contributed by atoms with Crippen LogP contribution in [0.1, 0.15) is 18.9 Å². The van der Waals surface area contributed by atoms with Gasteiger partial charge in [0.15, 0.2) is 0 Å². The van der Waals surface area contributed by atoms with Gasteiger partial charge in [0.05, 0.1) is 0 Å². The number of carbonyl (C=O) groups is 1. The zero-order chi connectivity index (χ0) is 15.9. The highest BCUT2D eigenvalue weighted by molar-refractivity contribution is 5.92. The van der Waals surface area contributed by atoms with Crippen LogP contribution < -0.4 is 16.0 Å². The van der Waals surface area contributed by atoms with Gasteiger partial charge in [-0.1, -0.05) is 18.2 Å². The number of aryl methyl sites for hydroxylation is 1. The maximum atomic E-state index is 12.1. The third-order valence-corrected chi connectivity index (χ3v) is 3.64. The molecule has 116 valence electrons. The Morgan fingerprint density at radius 2 is 1.91 bits per heavy atom. The highest BCUT2D eigenvalue weighted by Crippen LogP contribution is 2.18. The first kappa shape index (κ1) is 15.9. The number of amides is 1. The highest BCUT2D eigenvalue weighted by atomic mass is 16.1. The molecular weight excluding hydrogens is 274 g/mol. The van der Waals surface area contributed by atoms with Crippen LogP contribution in [-0.2, 0) is 4.79 Å². The van der Waals surface area contributed by atoms with Crippen molar-refractivity contribution in [2.45, 2.75) is 20.3 Å². The lowest BCUT2D eigenvalue weighted by molar-refractivity contribution is -0.116. The molecule has 0 aromatic heterocycles. The first-order valence-corrected chi connectivity index (χ1v) is 7.56. The van der Waals surface area contributed by atoms with E-state index in [0.717, 1.165) is 23.5 Å². The summed E-state index contributed by atoms with van der Waals surface area (Å²) in [5.41, 5.74) is 9.36. The highest BCUT2D eigenvalue weighted by Gasteiger charge is 2.09. The van der Waals surface area contributed by atoms with Crippen molar-refractivity contribution in [3.8, 4) is 0 Å². The van der Waals surface area contributed by atoms with E-state index in [1.54, 1.807) is 6.07 Å². The molecule has 0 aliphatic carbocycles. The van der Waals surface area contributed by atoms with Crippen LogP contribution in [0.5, 0.6) is 0 Å². The molecule has 0 unspecified atom stereocenters. The van der Waals surface area contributed by atoms with Crippen molar-refractivity contribution >= 4 is 23.0 Å². The van der Waals surface area contributed by atoms with E-state index in [-0.39, 0.29) is 5.91 Å². The monoisotopic (exact) mass is 297 g/mol. The Labute approximate surface area is 131 Å². The van der Waals surface area contributed by atoms with Gasteiger partial charge in [0.1, 0.15) is 0 Å². The largest absolute Gasteiger partial charge is 0.399 e. The molecule has 0 saturated carbocycles. The smallest absolute Gasteiger partial charge is 0.226 e. The van der Waals surface area contributed by atoms with Crippen LogP contribution in [0.4, 0.5) is 17.1 Å². The van der Waals surface area contributed by atoms with Crippen LogP contribution in [0.3, 0.4) is 0 Å². The number of nitrogens with two attached hydrogens (primary N) is 1. The maximum Gasteiger partial charge on any atom is 0.226 e. The average molecular weight is 297 g/mol. The summed E-state index contributed by atoms with van der Waals surface area (Å²) >= 11 is 0. The first-order valence-electron chi connectivity index (χ1n) is 7.56. The summed E-state index contributed by atoms with van der Waals surface area (Å²) in [6.07, 6.45) is 0.451. The predicted molar refractivity (Wildman–Crippen MR) is 93.2 cm³/mol. The zero-order valence-corrected chi connectivity index (χ0v) is 13.2. The van der Waals surface area contributed by atoms with Crippen molar-refractivity contribution in [1.29, 1.82) is 0 Å². The Morgan fingerprint density at radius 1 is 1.18 bits per heavy atom. The van der Waals surface area contributed by atoms with Crippen LogP contribution >= 0.6 is 0 Å². The average Bonchev–Trinajstić information content (AvgIpc) is 2.52. The topological polar surface area (TPSA) is 58.4 Å². The Bertz CT molecular complexity index is 625. The summed E-state index contributed by atoms with van der Waals surface area (Å²) in [5, 5.41) is 2.95. The van der Waals surface area contributed by atoms with Gasteiger partial charge in [-0.25, -0.2) is 0 Å². The molecule has 0 radical (unpaired) electrons. The lowest BCUT2D eigenvalue weighted by atomic mass is 10.1. The third-order valence-electron chi connectivity index (χ3n) is 3.64. The van der Waals surface area contributed by atoms with Gasteiger partial charge in [-0.15, -0.1) is 0 Å². The Kier molecular flexibility index (Phi) is 5.42. The fourth-order valence-corrected chi connectivity index (χ4v) is 2.38. The van der Waals surface area contributed by atoms with E-state index in [1.165, 1.54) is 0 Å². The van der Waals surface area contributed by atoms with E-state index in [1.807, 2.05) is 37.3 Å². The molecule has 2 rings (SSSR count). The minimum absolute atomic E-state index is 0.0160. The molecule has 0 aliphatic rings. The van der Waals surface area contributed by atoms with Gasteiger partial charge in [-0.2, -0.15) is 0 Å². The lowest BCUT2D eigenvalue weighted by Crippen LogP contribution is -2.27. The number of hydrogen-bond acceptors (Lipinski definition) is 3. The molecule has 0 spiro atoms. The molecule has 0 saturated heterocycles. The number of nitrogens with one attached hydrogen (secondary N) is 1. The van der Waals surface area contributed by atoms with Gasteiger partial charge in [-0.05, 0) is 49.7 Å². The second-order valence-corrected chi connectivity index (χ2v) is 5.29. The molecule has 0 atom stereocenters. The van der Waals surface area contributed by atoms with Crippen molar-refractivity contribution in [3.63, 3.8) is 0 Å². The Balaban J connectivity index is 1.92. The number of anilines is 3. The van der Waals surface area contributed by atoms with Crippen molar-refractivity contribution in [1.82, 2.24) is 0 Å². The molecule has 22 heavy (non-hydrogen) atoms. The summed E-state index contributed by atoms with van der Waals surface area (Å²) in [5.74, 6) is 0.0160. The number of hydrogen-bond donors (Lipinski definition) is 2. The first-order chi connectivity index (χ1) is 10.6. The van der Waals surface area contributed by atoms with Crippen molar-refractivity contribution < 1.29 is 4.79 Å².